The highest BCUT2D eigenvalue weighted by molar-refractivity contribution is 9.10. The Labute approximate surface area is 109 Å². The van der Waals surface area contributed by atoms with Crippen molar-refractivity contribution in [1.29, 1.82) is 0 Å². The zero-order valence-electron chi connectivity index (χ0n) is 9.19. The third-order valence-electron chi connectivity index (χ3n) is 3.29. The fourth-order valence-electron chi connectivity index (χ4n) is 2.51. The van der Waals surface area contributed by atoms with Gasteiger partial charge in [0.15, 0.2) is 5.78 Å². The second-order valence-corrected chi connectivity index (χ2v) is 5.15. The first-order valence-electron chi connectivity index (χ1n) is 5.64. The van der Waals surface area contributed by atoms with Crippen LogP contribution >= 0.6 is 15.9 Å². The number of Topliss-reactive ketones (excluding diaryl/α,β-unsaturated/α-hetero) is 1. The maximum Gasteiger partial charge on any atom is 0.165 e. The zero-order valence-corrected chi connectivity index (χ0v) is 10.8. The largest absolute Gasteiger partial charge is 0.294 e. The fraction of sp³-hybridized carbons (Fsp3) is 0.133. The molecule has 0 aliphatic heterocycles. The van der Waals surface area contributed by atoms with E-state index in [9.17, 15) is 4.79 Å². The van der Waals surface area contributed by atoms with Crippen LogP contribution in [0.15, 0.2) is 53.0 Å². The number of ketones is 1. The van der Waals surface area contributed by atoms with Gasteiger partial charge < -0.3 is 0 Å². The van der Waals surface area contributed by atoms with Crippen LogP contribution in [0, 0.1) is 0 Å². The Kier molecular flexibility index (Phi) is 2.60. The van der Waals surface area contributed by atoms with E-state index in [0.29, 0.717) is 6.42 Å². The molecule has 0 spiro atoms. The van der Waals surface area contributed by atoms with Gasteiger partial charge >= 0.3 is 0 Å². The first-order chi connectivity index (χ1) is 8.27. The molecule has 0 bridgehead atoms. The van der Waals surface area contributed by atoms with Crippen molar-refractivity contribution in [2.45, 2.75) is 12.3 Å². The Hall–Kier alpha value is -1.41. The second-order valence-electron chi connectivity index (χ2n) is 4.29. The molecule has 3 rings (SSSR count). The molecule has 0 amide bonds. The Balaban J connectivity index is 2.14. The molecule has 84 valence electrons. The first-order valence-corrected chi connectivity index (χ1v) is 6.43. The summed E-state index contributed by atoms with van der Waals surface area (Å²) in [7, 11) is 0. The lowest BCUT2D eigenvalue weighted by atomic mass is 9.93. The molecule has 0 saturated heterocycles. The molecular formula is C15H11BrO. The number of hydrogen-bond acceptors (Lipinski definition) is 1. The number of carbonyl (C=O) groups is 1. The Bertz CT molecular complexity index is 575. The van der Waals surface area contributed by atoms with Crippen LogP contribution in [0.25, 0.3) is 0 Å². The maximum absolute atomic E-state index is 12.0. The normalized spacial score (nSPS) is 18.2. The fourth-order valence-corrected chi connectivity index (χ4v) is 3.11. The average molecular weight is 287 g/mol. The number of benzene rings is 2. The maximum atomic E-state index is 12.0. The molecular weight excluding hydrogens is 276 g/mol. The van der Waals surface area contributed by atoms with E-state index in [2.05, 4.69) is 34.1 Å². The summed E-state index contributed by atoms with van der Waals surface area (Å²) in [6, 6.07) is 16.2. The Morgan fingerprint density at radius 1 is 1.00 bits per heavy atom. The SMILES string of the molecule is O=C1CC(c2ccccc2)c2cccc(Br)c21. The third-order valence-corrected chi connectivity index (χ3v) is 3.95. The van der Waals surface area contributed by atoms with Gasteiger partial charge in [-0.25, -0.2) is 0 Å². The van der Waals surface area contributed by atoms with Crippen molar-refractivity contribution in [3.8, 4) is 0 Å². The van der Waals surface area contributed by atoms with Gasteiger partial charge in [-0.1, -0.05) is 58.4 Å². The van der Waals surface area contributed by atoms with Crippen LogP contribution in [0.2, 0.25) is 0 Å². The van der Waals surface area contributed by atoms with Crippen molar-refractivity contribution >= 4 is 21.7 Å². The summed E-state index contributed by atoms with van der Waals surface area (Å²) < 4.78 is 0.915. The summed E-state index contributed by atoms with van der Waals surface area (Å²) in [6.45, 7) is 0. The molecule has 2 heteroatoms. The van der Waals surface area contributed by atoms with Crippen molar-refractivity contribution in [3.05, 3.63) is 69.7 Å². The highest BCUT2D eigenvalue weighted by atomic mass is 79.9. The van der Waals surface area contributed by atoms with E-state index >= 15 is 0 Å². The van der Waals surface area contributed by atoms with Crippen LogP contribution in [0.4, 0.5) is 0 Å². The summed E-state index contributed by atoms with van der Waals surface area (Å²) in [5.74, 6) is 0.456. The van der Waals surface area contributed by atoms with Crippen LogP contribution < -0.4 is 0 Å². The molecule has 0 N–H and O–H groups in total. The molecule has 1 aliphatic rings. The van der Waals surface area contributed by atoms with E-state index < -0.39 is 0 Å². The molecule has 1 nitrogen and oxygen atoms in total. The predicted octanol–water partition coefficient (Wildman–Crippen LogP) is 4.17. The molecule has 2 aromatic rings. The van der Waals surface area contributed by atoms with Crippen LogP contribution in [0.3, 0.4) is 0 Å². The summed E-state index contributed by atoms with van der Waals surface area (Å²) in [5, 5.41) is 0. The summed E-state index contributed by atoms with van der Waals surface area (Å²) in [6.07, 6.45) is 0.585. The van der Waals surface area contributed by atoms with Gasteiger partial charge in [-0.2, -0.15) is 0 Å². The van der Waals surface area contributed by atoms with E-state index in [4.69, 9.17) is 0 Å². The molecule has 17 heavy (non-hydrogen) atoms. The van der Waals surface area contributed by atoms with E-state index in [1.165, 1.54) is 5.56 Å². The van der Waals surface area contributed by atoms with Crippen LogP contribution in [0.5, 0.6) is 0 Å². The van der Waals surface area contributed by atoms with Gasteiger partial charge in [-0.3, -0.25) is 4.79 Å². The van der Waals surface area contributed by atoms with Gasteiger partial charge in [0, 0.05) is 22.4 Å². The minimum atomic E-state index is 0.219. The summed E-state index contributed by atoms with van der Waals surface area (Å²) >= 11 is 3.47. The van der Waals surface area contributed by atoms with Crippen LogP contribution in [-0.4, -0.2) is 5.78 Å². The predicted molar refractivity (Wildman–Crippen MR) is 71.4 cm³/mol. The van der Waals surface area contributed by atoms with E-state index in [1.807, 2.05) is 30.3 Å². The van der Waals surface area contributed by atoms with Gasteiger partial charge in [-0.05, 0) is 17.2 Å². The molecule has 0 radical (unpaired) electrons. The number of rotatable bonds is 1. The molecule has 0 heterocycles. The van der Waals surface area contributed by atoms with Gasteiger partial charge in [0.25, 0.3) is 0 Å². The topological polar surface area (TPSA) is 17.1 Å². The smallest absolute Gasteiger partial charge is 0.165 e. The minimum Gasteiger partial charge on any atom is -0.294 e. The molecule has 2 aromatic carbocycles. The van der Waals surface area contributed by atoms with Gasteiger partial charge in [0.1, 0.15) is 0 Å². The minimum absolute atomic E-state index is 0.219. The number of halogens is 1. The lowest BCUT2D eigenvalue weighted by molar-refractivity contribution is 0.0991. The molecule has 0 fully saturated rings. The van der Waals surface area contributed by atoms with Crippen molar-refractivity contribution in [1.82, 2.24) is 0 Å². The van der Waals surface area contributed by atoms with Gasteiger partial charge in [0.05, 0.1) is 0 Å². The quantitative estimate of drug-likeness (QED) is 0.769. The third kappa shape index (κ3) is 1.73. The molecule has 0 saturated carbocycles. The summed E-state index contributed by atoms with van der Waals surface area (Å²) in [4.78, 5) is 12.0. The van der Waals surface area contributed by atoms with E-state index in [0.717, 1.165) is 15.6 Å². The second kappa shape index (κ2) is 4.11. The van der Waals surface area contributed by atoms with Crippen molar-refractivity contribution in [3.63, 3.8) is 0 Å². The lowest BCUT2D eigenvalue weighted by Gasteiger charge is -2.10. The number of carbonyl (C=O) groups excluding carboxylic acids is 1. The molecule has 1 unspecified atom stereocenters. The highest BCUT2D eigenvalue weighted by Crippen LogP contribution is 2.40. The zero-order chi connectivity index (χ0) is 11.8. The lowest BCUT2D eigenvalue weighted by Crippen LogP contribution is -1.95. The number of fused-ring (bicyclic) bond motifs is 1. The highest BCUT2D eigenvalue weighted by Gasteiger charge is 2.31. The standard InChI is InChI=1S/C15H11BrO/c16-13-8-4-7-11-12(9-14(17)15(11)13)10-5-2-1-3-6-10/h1-8,12H,9H2. The Morgan fingerprint density at radius 2 is 1.76 bits per heavy atom. The monoisotopic (exact) mass is 286 g/mol. The average Bonchev–Trinajstić information content (AvgIpc) is 2.69. The first kappa shape index (κ1) is 10.7. The molecule has 1 atom stereocenters. The van der Waals surface area contributed by atoms with Gasteiger partial charge in [0.2, 0.25) is 0 Å². The van der Waals surface area contributed by atoms with Crippen LogP contribution in [-0.2, 0) is 0 Å². The van der Waals surface area contributed by atoms with Crippen molar-refractivity contribution < 1.29 is 4.79 Å². The molecule has 0 aromatic heterocycles. The van der Waals surface area contributed by atoms with Crippen molar-refractivity contribution in [2.24, 2.45) is 0 Å². The number of hydrogen-bond donors (Lipinski definition) is 0. The van der Waals surface area contributed by atoms with E-state index in [-0.39, 0.29) is 11.7 Å². The van der Waals surface area contributed by atoms with Gasteiger partial charge in [-0.15, -0.1) is 0 Å². The summed E-state index contributed by atoms with van der Waals surface area (Å²) in [5.41, 5.74) is 3.23. The van der Waals surface area contributed by atoms with Crippen molar-refractivity contribution in [2.75, 3.05) is 0 Å². The Morgan fingerprint density at radius 3 is 2.53 bits per heavy atom. The van der Waals surface area contributed by atoms with E-state index in [1.54, 1.807) is 0 Å². The van der Waals surface area contributed by atoms with Crippen LogP contribution in [0.1, 0.15) is 33.8 Å². The molecule has 1 aliphatic carbocycles.